The molecule has 0 amide bonds. The van der Waals surface area contributed by atoms with Crippen LogP contribution in [0, 0.1) is 0 Å². The van der Waals surface area contributed by atoms with Gasteiger partial charge in [-0.1, -0.05) is 48.6 Å². The molecule has 0 aliphatic heterocycles. The Kier molecular flexibility index (Phi) is 4.57. The molecule has 0 heterocycles. The molecule has 0 aliphatic carbocycles. The normalized spacial score (nSPS) is 13.9. The maximum Gasteiger partial charge on any atom is 0.156 e. The summed E-state index contributed by atoms with van der Waals surface area (Å²) in [5.41, 5.74) is 0.632. The molecule has 2 aromatic carbocycles. The number of sulfone groups is 1. The quantitative estimate of drug-likeness (QED) is 0.861. The zero-order valence-electron chi connectivity index (χ0n) is 11.4. The fourth-order valence-electron chi connectivity index (χ4n) is 2.06. The van der Waals surface area contributed by atoms with Crippen molar-refractivity contribution in [3.05, 3.63) is 60.2 Å². The fourth-order valence-corrected chi connectivity index (χ4v) is 3.36. The fraction of sp³-hybridized carbons (Fsp3) is 0.250. The first-order valence-corrected chi connectivity index (χ1v) is 8.32. The van der Waals surface area contributed by atoms with Crippen LogP contribution in [0.1, 0.15) is 18.6 Å². The van der Waals surface area contributed by atoms with Gasteiger partial charge in [0.25, 0.3) is 0 Å². The maximum atomic E-state index is 11.8. The molecule has 1 atom stereocenters. The van der Waals surface area contributed by atoms with Gasteiger partial charge in [-0.05, 0) is 29.3 Å². The molecule has 1 N–H and O–H groups in total. The molecule has 2 rings (SSSR count). The third kappa shape index (κ3) is 3.68. The molecule has 0 radical (unpaired) electrons. The lowest BCUT2D eigenvalue weighted by molar-refractivity contribution is 0.202. The van der Waals surface area contributed by atoms with Crippen LogP contribution in [-0.2, 0) is 9.84 Å². The summed E-state index contributed by atoms with van der Waals surface area (Å²) in [6.45, 7) is 1.77. The van der Waals surface area contributed by atoms with Crippen molar-refractivity contribution < 1.29 is 13.5 Å². The molecule has 4 heteroatoms. The molecule has 0 saturated carbocycles. The van der Waals surface area contributed by atoms with Gasteiger partial charge in [-0.25, -0.2) is 8.42 Å². The van der Waals surface area contributed by atoms with Crippen LogP contribution in [0.5, 0.6) is 0 Å². The summed E-state index contributed by atoms with van der Waals surface area (Å²) in [7, 11) is -3.28. The highest BCUT2D eigenvalue weighted by molar-refractivity contribution is 7.91. The Morgan fingerprint density at radius 1 is 1.15 bits per heavy atom. The molecule has 0 fully saturated rings. The molecule has 3 nitrogen and oxygen atoms in total. The van der Waals surface area contributed by atoms with Crippen LogP contribution in [0.25, 0.3) is 10.8 Å². The number of allylic oxidation sites excluding steroid dienone is 1. The topological polar surface area (TPSA) is 54.4 Å². The molecule has 1 unspecified atom stereocenters. The van der Waals surface area contributed by atoms with Crippen LogP contribution in [0.15, 0.2) is 54.6 Å². The van der Waals surface area contributed by atoms with Gasteiger partial charge in [0.2, 0.25) is 0 Å². The molecule has 20 heavy (non-hydrogen) atoms. The molecule has 0 aromatic heterocycles. The summed E-state index contributed by atoms with van der Waals surface area (Å²) in [6.07, 6.45) is 2.29. The van der Waals surface area contributed by atoms with E-state index in [2.05, 4.69) is 0 Å². The van der Waals surface area contributed by atoms with Gasteiger partial charge in [-0.3, -0.25) is 0 Å². The maximum absolute atomic E-state index is 11.8. The van der Waals surface area contributed by atoms with Gasteiger partial charge in [0.15, 0.2) is 9.84 Å². The number of hydrogen-bond acceptors (Lipinski definition) is 3. The standard InChI is InChI=1S/C16H18O3S/c1-2-3-10-20(18,19)12-16(17)15-9-8-13-6-4-5-7-14(13)11-15/h2-9,11,16-17H,10,12H2,1H3. The molecular weight excluding hydrogens is 272 g/mol. The van der Waals surface area contributed by atoms with E-state index >= 15 is 0 Å². The zero-order chi connectivity index (χ0) is 14.6. The summed E-state index contributed by atoms with van der Waals surface area (Å²) in [5.74, 6) is -0.288. The van der Waals surface area contributed by atoms with Crippen molar-refractivity contribution in [2.75, 3.05) is 11.5 Å². The molecule has 0 saturated heterocycles. The van der Waals surface area contributed by atoms with Gasteiger partial charge < -0.3 is 5.11 Å². The van der Waals surface area contributed by atoms with Crippen molar-refractivity contribution in [3.8, 4) is 0 Å². The van der Waals surface area contributed by atoms with Crippen LogP contribution in [-0.4, -0.2) is 25.0 Å². The summed E-state index contributed by atoms with van der Waals surface area (Å²) in [6, 6.07) is 13.3. The van der Waals surface area contributed by atoms with Gasteiger partial charge in [-0.2, -0.15) is 0 Å². The van der Waals surface area contributed by atoms with Crippen LogP contribution in [0.4, 0.5) is 0 Å². The highest BCUT2D eigenvalue weighted by Gasteiger charge is 2.17. The summed E-state index contributed by atoms with van der Waals surface area (Å²) in [5, 5.41) is 12.2. The first-order chi connectivity index (χ1) is 9.52. The van der Waals surface area contributed by atoms with E-state index in [1.807, 2.05) is 36.4 Å². The van der Waals surface area contributed by atoms with Gasteiger partial charge in [0, 0.05) is 0 Å². The number of fused-ring (bicyclic) bond motifs is 1. The third-order valence-corrected chi connectivity index (χ3v) is 4.68. The predicted octanol–water partition coefficient (Wildman–Crippen LogP) is 2.86. The summed E-state index contributed by atoms with van der Waals surface area (Å²) >= 11 is 0. The van der Waals surface area contributed by atoms with Gasteiger partial charge in [0.05, 0.1) is 17.6 Å². The predicted molar refractivity (Wildman–Crippen MR) is 82.4 cm³/mol. The molecule has 2 aromatic rings. The van der Waals surface area contributed by atoms with E-state index in [0.717, 1.165) is 10.8 Å². The number of aliphatic hydroxyl groups is 1. The first kappa shape index (κ1) is 14.8. The lowest BCUT2D eigenvalue weighted by Gasteiger charge is -2.11. The van der Waals surface area contributed by atoms with Gasteiger partial charge >= 0.3 is 0 Å². The van der Waals surface area contributed by atoms with Crippen LogP contribution in [0.2, 0.25) is 0 Å². The second kappa shape index (κ2) is 6.20. The van der Waals surface area contributed by atoms with Crippen molar-refractivity contribution in [2.45, 2.75) is 13.0 Å². The largest absolute Gasteiger partial charge is 0.387 e. The average molecular weight is 290 g/mol. The van der Waals surface area contributed by atoms with E-state index in [1.54, 1.807) is 25.1 Å². The monoisotopic (exact) mass is 290 g/mol. The lowest BCUT2D eigenvalue weighted by Crippen LogP contribution is -2.16. The second-order valence-electron chi connectivity index (χ2n) is 4.77. The van der Waals surface area contributed by atoms with Crippen molar-refractivity contribution in [2.24, 2.45) is 0 Å². The van der Waals surface area contributed by atoms with Crippen molar-refractivity contribution in [1.82, 2.24) is 0 Å². The molecular formula is C16H18O3S. The summed E-state index contributed by atoms with van der Waals surface area (Å²) < 4.78 is 23.7. The number of aliphatic hydroxyl groups excluding tert-OH is 1. The van der Waals surface area contributed by atoms with Crippen LogP contribution < -0.4 is 0 Å². The van der Waals surface area contributed by atoms with Crippen molar-refractivity contribution >= 4 is 20.6 Å². The minimum atomic E-state index is -3.28. The number of hydrogen-bond donors (Lipinski definition) is 1. The zero-order valence-corrected chi connectivity index (χ0v) is 12.2. The first-order valence-electron chi connectivity index (χ1n) is 6.50. The van der Waals surface area contributed by atoms with Gasteiger partial charge in [-0.15, -0.1) is 0 Å². The van der Waals surface area contributed by atoms with Crippen molar-refractivity contribution in [1.29, 1.82) is 0 Å². The Morgan fingerprint density at radius 2 is 1.85 bits per heavy atom. The van der Waals surface area contributed by atoms with E-state index in [0.29, 0.717) is 5.56 Å². The summed E-state index contributed by atoms with van der Waals surface area (Å²) in [4.78, 5) is 0. The molecule has 0 spiro atoms. The minimum Gasteiger partial charge on any atom is -0.387 e. The molecule has 106 valence electrons. The van der Waals surface area contributed by atoms with E-state index in [1.165, 1.54) is 0 Å². The highest BCUT2D eigenvalue weighted by atomic mass is 32.2. The highest BCUT2D eigenvalue weighted by Crippen LogP contribution is 2.21. The van der Waals surface area contributed by atoms with E-state index in [4.69, 9.17) is 0 Å². The van der Waals surface area contributed by atoms with Crippen LogP contribution in [0.3, 0.4) is 0 Å². The SMILES string of the molecule is CC=CCS(=O)(=O)CC(O)c1ccc2ccccc2c1. The lowest BCUT2D eigenvalue weighted by atomic mass is 10.0. The minimum absolute atomic E-state index is 0.0336. The van der Waals surface area contributed by atoms with E-state index in [-0.39, 0.29) is 11.5 Å². The Balaban J connectivity index is 2.21. The Labute approximate surface area is 119 Å². The molecule has 0 aliphatic rings. The second-order valence-corrected chi connectivity index (χ2v) is 6.92. The average Bonchev–Trinajstić information content (AvgIpc) is 2.44. The number of benzene rings is 2. The van der Waals surface area contributed by atoms with Crippen LogP contribution >= 0.6 is 0 Å². The third-order valence-electron chi connectivity index (χ3n) is 3.16. The molecule has 0 bridgehead atoms. The Hall–Kier alpha value is -1.65. The van der Waals surface area contributed by atoms with E-state index in [9.17, 15) is 13.5 Å². The Morgan fingerprint density at radius 3 is 2.55 bits per heavy atom. The number of rotatable bonds is 5. The smallest absolute Gasteiger partial charge is 0.156 e. The Bertz CT molecular complexity index is 717. The van der Waals surface area contributed by atoms with E-state index < -0.39 is 15.9 Å². The van der Waals surface area contributed by atoms with Crippen molar-refractivity contribution in [3.63, 3.8) is 0 Å². The van der Waals surface area contributed by atoms with Gasteiger partial charge in [0.1, 0.15) is 0 Å².